The lowest BCUT2D eigenvalue weighted by Crippen LogP contribution is -2.70. The van der Waals surface area contributed by atoms with Gasteiger partial charge in [-0.1, -0.05) is 6.92 Å². The largest absolute Gasteiger partial charge is 0.436 e. The molecule has 1 aliphatic heterocycles. The average Bonchev–Trinajstić information content (AvgIpc) is 3.41. The molecule has 2 aliphatic rings. The first-order chi connectivity index (χ1) is 16.8. The minimum atomic E-state index is -4.91. The van der Waals surface area contributed by atoms with Crippen LogP contribution >= 0.6 is 0 Å². The van der Waals surface area contributed by atoms with Gasteiger partial charge in [0.15, 0.2) is 5.69 Å². The molecule has 0 unspecified atom stereocenters. The first kappa shape index (κ1) is 24.1. The molecule has 5 rings (SSSR count). The second-order valence-electron chi connectivity index (χ2n) is 9.11. The smallest absolute Gasteiger partial charge is 0.423 e. The molecule has 192 valence electrons. The van der Waals surface area contributed by atoms with E-state index in [-0.39, 0.29) is 28.3 Å². The molecule has 1 N–H and O–H groups in total. The van der Waals surface area contributed by atoms with Crippen LogP contribution in [0.25, 0.3) is 5.69 Å². The standard InChI is InChI=1S/C21H19F6N7O2/c1-10-5-13-8-19(7-10,17-31-30-11(2)36-17)33(13)18(35)29-12-3-4-14(20(22,23)24)15(6-12)34-28-9-16(32-34)21(25,26)27/h3-4,6,9-10,13H,5,7-8H2,1-2H3,(H,29,35)/t10-,13-,19+/m1/s1. The molecule has 3 heterocycles. The molecule has 1 aliphatic carbocycles. The maximum Gasteiger partial charge on any atom is 0.436 e. The van der Waals surface area contributed by atoms with Crippen LogP contribution in [0.5, 0.6) is 0 Å². The second kappa shape index (κ2) is 7.93. The van der Waals surface area contributed by atoms with E-state index in [4.69, 9.17) is 4.42 Å². The zero-order chi connectivity index (χ0) is 26.0. The summed E-state index contributed by atoms with van der Waals surface area (Å²) in [5, 5.41) is 17.0. The van der Waals surface area contributed by atoms with Gasteiger partial charge in [-0.05, 0) is 37.0 Å². The summed E-state index contributed by atoms with van der Waals surface area (Å²) in [6.07, 6.45) is -7.59. The van der Waals surface area contributed by atoms with E-state index in [0.717, 1.165) is 18.6 Å². The van der Waals surface area contributed by atoms with Gasteiger partial charge < -0.3 is 14.6 Å². The fraction of sp³-hybridized carbons (Fsp3) is 0.476. The number of benzene rings is 1. The summed E-state index contributed by atoms with van der Waals surface area (Å²) in [7, 11) is 0. The highest BCUT2D eigenvalue weighted by molar-refractivity contribution is 5.91. The number of fused-ring (bicyclic) bond motifs is 2. The zero-order valence-corrected chi connectivity index (χ0v) is 18.9. The number of carbonyl (C=O) groups excluding carboxylic acids is 1. The highest BCUT2D eigenvalue weighted by atomic mass is 19.4. The summed E-state index contributed by atoms with van der Waals surface area (Å²) in [5.74, 6) is 0.886. The van der Waals surface area contributed by atoms with Crippen molar-refractivity contribution in [3.63, 3.8) is 0 Å². The van der Waals surface area contributed by atoms with Gasteiger partial charge in [-0.15, -0.1) is 15.3 Å². The third kappa shape index (κ3) is 3.95. The molecule has 2 bridgehead atoms. The topological polar surface area (TPSA) is 102 Å². The summed E-state index contributed by atoms with van der Waals surface area (Å²) < 4.78 is 85.2. The molecular weight excluding hydrogens is 496 g/mol. The number of amides is 2. The maximum absolute atomic E-state index is 13.6. The van der Waals surface area contributed by atoms with E-state index in [1.54, 1.807) is 11.8 Å². The van der Waals surface area contributed by atoms with E-state index in [1.165, 1.54) is 0 Å². The fourth-order valence-electron chi connectivity index (χ4n) is 5.14. The molecule has 36 heavy (non-hydrogen) atoms. The van der Waals surface area contributed by atoms with Crippen LogP contribution in [0.1, 0.15) is 49.2 Å². The highest BCUT2D eigenvalue weighted by Gasteiger charge is 2.62. The van der Waals surface area contributed by atoms with E-state index >= 15 is 0 Å². The monoisotopic (exact) mass is 515 g/mol. The van der Waals surface area contributed by atoms with Gasteiger partial charge >= 0.3 is 18.4 Å². The number of aromatic nitrogens is 5. The van der Waals surface area contributed by atoms with Crippen molar-refractivity contribution in [1.82, 2.24) is 30.1 Å². The number of nitrogens with one attached hydrogen (secondary N) is 1. The van der Waals surface area contributed by atoms with E-state index in [9.17, 15) is 31.1 Å². The molecule has 2 amide bonds. The number of halogens is 6. The van der Waals surface area contributed by atoms with Crippen molar-refractivity contribution < 1.29 is 35.6 Å². The lowest BCUT2D eigenvalue weighted by molar-refractivity contribution is -0.141. The number of urea groups is 1. The molecule has 1 saturated heterocycles. The Bertz CT molecular complexity index is 1320. The van der Waals surface area contributed by atoms with Crippen molar-refractivity contribution in [2.75, 3.05) is 5.32 Å². The van der Waals surface area contributed by atoms with Crippen molar-refractivity contribution in [3.05, 3.63) is 47.4 Å². The summed E-state index contributed by atoms with van der Waals surface area (Å²) in [6.45, 7) is 3.66. The lowest BCUT2D eigenvalue weighted by Gasteiger charge is -2.61. The van der Waals surface area contributed by atoms with Crippen LogP contribution in [-0.4, -0.2) is 42.2 Å². The number of piperidine rings is 1. The first-order valence-corrected chi connectivity index (χ1v) is 10.9. The quantitative estimate of drug-likeness (QED) is 0.497. The summed E-state index contributed by atoms with van der Waals surface area (Å²) in [4.78, 5) is 15.1. The third-order valence-electron chi connectivity index (χ3n) is 6.46. The number of alkyl halides is 6. The number of carbonyl (C=O) groups is 1. The first-order valence-electron chi connectivity index (χ1n) is 10.9. The van der Waals surface area contributed by atoms with Crippen LogP contribution < -0.4 is 5.32 Å². The van der Waals surface area contributed by atoms with Gasteiger partial charge in [0.25, 0.3) is 0 Å². The Morgan fingerprint density at radius 3 is 2.50 bits per heavy atom. The van der Waals surface area contributed by atoms with Crippen LogP contribution in [0.3, 0.4) is 0 Å². The van der Waals surface area contributed by atoms with E-state index < -0.39 is 40.9 Å². The Kier molecular flexibility index (Phi) is 5.30. The summed E-state index contributed by atoms with van der Waals surface area (Å²) in [5.41, 5.74) is -4.41. The van der Waals surface area contributed by atoms with Gasteiger partial charge in [0.1, 0.15) is 5.54 Å². The number of anilines is 1. The van der Waals surface area contributed by atoms with Crippen LogP contribution in [-0.2, 0) is 17.9 Å². The Morgan fingerprint density at radius 2 is 1.89 bits per heavy atom. The number of hydrogen-bond acceptors (Lipinski definition) is 6. The van der Waals surface area contributed by atoms with Crippen molar-refractivity contribution in [3.8, 4) is 5.69 Å². The normalized spacial score (nSPS) is 23.9. The molecule has 9 nitrogen and oxygen atoms in total. The SMILES string of the molecule is Cc1nnc([C@]23C[C@H](C)C[C@H](C2)N3C(=O)Nc2ccc(C(F)(F)F)c(-n3ncc(C(F)(F)F)n3)c2)o1. The van der Waals surface area contributed by atoms with Gasteiger partial charge in [0.2, 0.25) is 11.8 Å². The number of hydrogen-bond donors (Lipinski definition) is 1. The van der Waals surface area contributed by atoms with Gasteiger partial charge in [0.05, 0.1) is 17.4 Å². The maximum atomic E-state index is 13.6. The number of rotatable bonds is 3. The van der Waals surface area contributed by atoms with Crippen LogP contribution in [0.2, 0.25) is 0 Å². The molecule has 3 aromatic rings. The van der Waals surface area contributed by atoms with E-state index in [1.807, 2.05) is 6.92 Å². The number of aryl methyl sites for hydroxylation is 1. The van der Waals surface area contributed by atoms with Crippen molar-refractivity contribution in [1.29, 1.82) is 0 Å². The molecule has 0 spiro atoms. The van der Waals surface area contributed by atoms with E-state index in [2.05, 4.69) is 25.7 Å². The molecule has 2 fully saturated rings. The average molecular weight is 515 g/mol. The summed E-state index contributed by atoms with van der Waals surface area (Å²) >= 11 is 0. The van der Waals surface area contributed by atoms with Crippen molar-refractivity contribution in [2.45, 2.75) is 57.0 Å². The Morgan fingerprint density at radius 1 is 1.14 bits per heavy atom. The minimum absolute atomic E-state index is 0.0799. The molecular formula is C21H19F6N7O2. The van der Waals surface area contributed by atoms with Crippen LogP contribution in [0, 0.1) is 12.8 Å². The predicted molar refractivity (Wildman–Crippen MR) is 110 cm³/mol. The fourth-order valence-corrected chi connectivity index (χ4v) is 5.14. The highest BCUT2D eigenvalue weighted by Crippen LogP contribution is 2.55. The Balaban J connectivity index is 1.47. The Hall–Kier alpha value is -3.65. The van der Waals surface area contributed by atoms with Gasteiger partial charge in [0, 0.05) is 25.1 Å². The third-order valence-corrected chi connectivity index (χ3v) is 6.46. The molecule has 15 heteroatoms. The minimum Gasteiger partial charge on any atom is -0.423 e. The van der Waals surface area contributed by atoms with Crippen molar-refractivity contribution in [2.24, 2.45) is 5.92 Å². The lowest BCUT2D eigenvalue weighted by atomic mass is 9.64. The van der Waals surface area contributed by atoms with Gasteiger partial charge in [-0.2, -0.15) is 36.2 Å². The molecule has 1 aromatic carbocycles. The van der Waals surface area contributed by atoms with E-state index in [0.29, 0.717) is 31.0 Å². The van der Waals surface area contributed by atoms with Gasteiger partial charge in [-0.25, -0.2) is 4.79 Å². The second-order valence-corrected chi connectivity index (χ2v) is 9.11. The summed E-state index contributed by atoms with van der Waals surface area (Å²) in [6, 6.07) is 1.79. The molecule has 0 radical (unpaired) electrons. The predicted octanol–water partition coefficient (Wildman–Crippen LogP) is 4.93. The van der Waals surface area contributed by atoms with Crippen LogP contribution in [0.15, 0.2) is 28.8 Å². The number of nitrogens with zero attached hydrogens (tertiary/aromatic N) is 6. The zero-order valence-electron chi connectivity index (χ0n) is 18.9. The Labute approximate surface area is 199 Å². The molecule has 2 aromatic heterocycles. The molecule has 1 saturated carbocycles. The van der Waals surface area contributed by atoms with Crippen molar-refractivity contribution >= 4 is 11.7 Å². The molecule has 3 atom stereocenters. The number of likely N-dealkylation sites (tertiary alicyclic amines) is 1. The van der Waals surface area contributed by atoms with Gasteiger partial charge in [-0.3, -0.25) is 0 Å². The van der Waals surface area contributed by atoms with Crippen LogP contribution in [0.4, 0.5) is 36.8 Å².